The highest BCUT2D eigenvalue weighted by Crippen LogP contribution is 2.16. The Morgan fingerprint density at radius 3 is 2.94 bits per heavy atom. The van der Waals surface area contributed by atoms with Crippen LogP contribution in [0, 0.1) is 6.92 Å². The molecule has 3 N–H and O–H groups in total. The van der Waals surface area contributed by atoms with Gasteiger partial charge in [-0.2, -0.15) is 0 Å². The highest BCUT2D eigenvalue weighted by atomic mass is 16.5. The van der Waals surface area contributed by atoms with Gasteiger partial charge < -0.3 is 15.8 Å². The summed E-state index contributed by atoms with van der Waals surface area (Å²) in [6.07, 6.45) is 0.520. The molecule has 1 fully saturated rings. The number of nitrogens with one attached hydrogen (secondary N) is 1. The molecule has 0 bridgehead atoms. The molecule has 1 heterocycles. The van der Waals surface area contributed by atoms with Crippen LogP contribution in [0.3, 0.4) is 0 Å². The van der Waals surface area contributed by atoms with E-state index < -0.39 is 6.04 Å². The summed E-state index contributed by atoms with van der Waals surface area (Å²) in [4.78, 5) is 23.2. The van der Waals surface area contributed by atoms with Crippen molar-refractivity contribution in [1.29, 1.82) is 0 Å². The van der Waals surface area contributed by atoms with E-state index in [1.807, 2.05) is 0 Å². The first-order valence-corrected chi connectivity index (χ1v) is 5.42. The Labute approximate surface area is 98.9 Å². The first kappa shape index (κ1) is 11.4. The molecule has 1 amide bonds. The van der Waals surface area contributed by atoms with Gasteiger partial charge in [0.1, 0.15) is 6.04 Å². The number of benzene rings is 1. The fraction of sp³-hybridized carbons (Fsp3) is 0.333. The molecular weight excluding hydrogens is 220 g/mol. The molecule has 0 saturated carbocycles. The number of ether oxygens (including phenoxy) is 1. The minimum absolute atomic E-state index is 0.293. The second-order valence-corrected chi connectivity index (χ2v) is 4.00. The summed E-state index contributed by atoms with van der Waals surface area (Å²) in [5.41, 5.74) is 7.49. The summed E-state index contributed by atoms with van der Waals surface area (Å²) in [6, 6.07) is 4.59. The van der Waals surface area contributed by atoms with Gasteiger partial charge in [0.2, 0.25) is 0 Å². The van der Waals surface area contributed by atoms with Crippen molar-refractivity contribution in [3.8, 4) is 0 Å². The number of esters is 1. The third kappa shape index (κ3) is 2.22. The molecule has 1 saturated heterocycles. The van der Waals surface area contributed by atoms with Crippen molar-refractivity contribution in [2.24, 2.45) is 0 Å². The Bertz CT molecular complexity index is 471. The Balaban J connectivity index is 2.14. The molecule has 1 aliphatic rings. The Hall–Kier alpha value is -2.04. The molecule has 1 atom stereocenters. The number of hydrogen-bond acceptors (Lipinski definition) is 4. The maximum absolute atomic E-state index is 11.9. The van der Waals surface area contributed by atoms with Crippen LogP contribution in [0.5, 0.6) is 0 Å². The van der Waals surface area contributed by atoms with Gasteiger partial charge in [0.05, 0.1) is 6.61 Å². The van der Waals surface area contributed by atoms with Crippen LogP contribution in [0.25, 0.3) is 0 Å². The molecule has 17 heavy (non-hydrogen) atoms. The summed E-state index contributed by atoms with van der Waals surface area (Å²) >= 11 is 0. The van der Waals surface area contributed by atoms with E-state index in [1.165, 1.54) is 0 Å². The van der Waals surface area contributed by atoms with E-state index in [0.717, 1.165) is 5.56 Å². The largest absolute Gasteiger partial charge is 0.464 e. The highest BCUT2D eigenvalue weighted by molar-refractivity contribution is 5.99. The zero-order chi connectivity index (χ0) is 12.4. The van der Waals surface area contributed by atoms with Crippen LogP contribution in [0.15, 0.2) is 18.2 Å². The van der Waals surface area contributed by atoms with Crippen molar-refractivity contribution < 1.29 is 14.3 Å². The lowest BCUT2D eigenvalue weighted by Gasteiger charge is -2.11. The quantitative estimate of drug-likeness (QED) is 0.580. The molecule has 1 unspecified atom stereocenters. The van der Waals surface area contributed by atoms with Crippen molar-refractivity contribution in [2.45, 2.75) is 19.4 Å². The van der Waals surface area contributed by atoms with Crippen LogP contribution in [0.4, 0.5) is 5.69 Å². The van der Waals surface area contributed by atoms with Crippen molar-refractivity contribution in [2.75, 3.05) is 12.3 Å². The maximum atomic E-state index is 11.9. The fourth-order valence-corrected chi connectivity index (χ4v) is 1.76. The number of anilines is 1. The number of nitrogens with two attached hydrogens (primary N) is 1. The number of carbonyl (C=O) groups is 2. The minimum atomic E-state index is -0.539. The topological polar surface area (TPSA) is 81.4 Å². The Morgan fingerprint density at radius 2 is 2.29 bits per heavy atom. The smallest absolute Gasteiger partial charge is 0.328 e. The second-order valence-electron chi connectivity index (χ2n) is 4.00. The van der Waals surface area contributed by atoms with E-state index in [2.05, 4.69) is 5.32 Å². The van der Waals surface area contributed by atoms with Gasteiger partial charge in [-0.1, -0.05) is 6.07 Å². The maximum Gasteiger partial charge on any atom is 0.328 e. The van der Waals surface area contributed by atoms with E-state index in [-0.39, 0.29) is 11.9 Å². The molecular formula is C12H14N2O3. The number of cyclic esters (lactones) is 1. The molecule has 1 aromatic rings. The molecule has 1 aliphatic heterocycles. The number of nitrogen functional groups attached to an aromatic ring is 1. The van der Waals surface area contributed by atoms with Crippen LogP contribution in [-0.2, 0) is 9.53 Å². The van der Waals surface area contributed by atoms with Gasteiger partial charge in [-0.15, -0.1) is 0 Å². The van der Waals surface area contributed by atoms with Crippen molar-refractivity contribution in [3.05, 3.63) is 29.3 Å². The zero-order valence-corrected chi connectivity index (χ0v) is 9.53. The summed E-state index contributed by atoms with van der Waals surface area (Å²) in [7, 11) is 0. The fourth-order valence-electron chi connectivity index (χ4n) is 1.76. The molecule has 5 nitrogen and oxygen atoms in total. The van der Waals surface area contributed by atoms with E-state index in [0.29, 0.717) is 24.3 Å². The molecule has 0 radical (unpaired) electrons. The molecule has 0 spiro atoms. The molecule has 1 aromatic carbocycles. The van der Waals surface area contributed by atoms with Crippen LogP contribution in [0.1, 0.15) is 22.3 Å². The lowest BCUT2D eigenvalue weighted by atomic mass is 10.1. The van der Waals surface area contributed by atoms with Crippen LogP contribution < -0.4 is 11.1 Å². The molecule has 90 valence electrons. The number of amides is 1. The van der Waals surface area contributed by atoms with Crippen molar-refractivity contribution >= 4 is 17.6 Å². The van der Waals surface area contributed by atoms with Gasteiger partial charge in [0.25, 0.3) is 5.91 Å². The van der Waals surface area contributed by atoms with Crippen LogP contribution in [0.2, 0.25) is 0 Å². The minimum Gasteiger partial charge on any atom is -0.464 e. The van der Waals surface area contributed by atoms with Gasteiger partial charge in [0.15, 0.2) is 0 Å². The highest BCUT2D eigenvalue weighted by Gasteiger charge is 2.28. The Kier molecular flexibility index (Phi) is 2.99. The second kappa shape index (κ2) is 4.45. The number of rotatable bonds is 2. The molecule has 0 aliphatic carbocycles. The first-order chi connectivity index (χ1) is 8.09. The van der Waals surface area contributed by atoms with E-state index >= 15 is 0 Å². The lowest BCUT2D eigenvalue weighted by Crippen LogP contribution is -2.38. The van der Waals surface area contributed by atoms with Crippen molar-refractivity contribution in [1.82, 2.24) is 5.32 Å². The summed E-state index contributed by atoms with van der Waals surface area (Å²) in [5.74, 6) is -0.668. The first-order valence-electron chi connectivity index (χ1n) is 5.42. The number of carbonyl (C=O) groups excluding carboxylic acids is 2. The van der Waals surface area contributed by atoms with Gasteiger partial charge in [-0.3, -0.25) is 4.79 Å². The van der Waals surface area contributed by atoms with Crippen LogP contribution >= 0.6 is 0 Å². The molecule has 5 heteroatoms. The SMILES string of the molecule is Cc1c(N)cccc1C(=O)NC1CCOC1=O. The van der Waals surface area contributed by atoms with Gasteiger partial charge in [-0.25, -0.2) is 4.79 Å². The normalized spacial score (nSPS) is 18.9. The average Bonchev–Trinajstić information content (AvgIpc) is 2.68. The summed E-state index contributed by atoms with van der Waals surface area (Å²) < 4.78 is 4.78. The lowest BCUT2D eigenvalue weighted by molar-refractivity contribution is -0.139. The van der Waals surface area contributed by atoms with Gasteiger partial charge in [0, 0.05) is 17.7 Å². The summed E-state index contributed by atoms with van der Waals surface area (Å²) in [5, 5.41) is 2.64. The van der Waals surface area contributed by atoms with E-state index in [9.17, 15) is 9.59 Å². The predicted octanol–water partition coefficient (Wildman–Crippen LogP) is 0.623. The standard InChI is InChI=1S/C12H14N2O3/c1-7-8(3-2-4-9(7)13)11(15)14-10-5-6-17-12(10)16/h2-4,10H,5-6,13H2,1H3,(H,14,15). The molecule has 0 aromatic heterocycles. The number of hydrogen-bond donors (Lipinski definition) is 2. The zero-order valence-electron chi connectivity index (χ0n) is 9.53. The monoisotopic (exact) mass is 234 g/mol. The predicted molar refractivity (Wildman–Crippen MR) is 62.4 cm³/mol. The third-order valence-corrected chi connectivity index (χ3v) is 2.86. The van der Waals surface area contributed by atoms with Crippen LogP contribution in [-0.4, -0.2) is 24.5 Å². The van der Waals surface area contributed by atoms with Gasteiger partial charge >= 0.3 is 5.97 Å². The summed E-state index contributed by atoms with van der Waals surface area (Å²) in [6.45, 7) is 2.14. The Morgan fingerprint density at radius 1 is 1.53 bits per heavy atom. The van der Waals surface area contributed by atoms with E-state index in [1.54, 1.807) is 25.1 Å². The van der Waals surface area contributed by atoms with Crippen molar-refractivity contribution in [3.63, 3.8) is 0 Å². The molecule has 2 rings (SSSR count). The van der Waals surface area contributed by atoms with Gasteiger partial charge in [-0.05, 0) is 24.6 Å². The average molecular weight is 234 g/mol. The third-order valence-electron chi connectivity index (χ3n) is 2.86. The van der Waals surface area contributed by atoms with E-state index in [4.69, 9.17) is 10.5 Å².